The molecule has 0 N–H and O–H groups in total. The smallest absolute Gasteiger partial charge is 0.270 e. The third kappa shape index (κ3) is 5.29. The normalized spacial score (nSPS) is 10.9. The van der Waals surface area contributed by atoms with Gasteiger partial charge in [0.2, 0.25) is 5.91 Å². The highest BCUT2D eigenvalue weighted by Crippen LogP contribution is 2.15. The Labute approximate surface area is 144 Å². The summed E-state index contributed by atoms with van der Waals surface area (Å²) in [6.07, 6.45) is 3.02. The Hall–Kier alpha value is -2.51. The van der Waals surface area contributed by atoms with E-state index in [2.05, 4.69) is 0 Å². The van der Waals surface area contributed by atoms with E-state index in [-0.39, 0.29) is 11.6 Å². The zero-order valence-electron chi connectivity index (χ0n) is 13.3. The number of benzene rings is 1. The summed E-state index contributed by atoms with van der Waals surface area (Å²) in [5, 5.41) is 12.8. The number of nitro groups is 1. The fourth-order valence-corrected chi connectivity index (χ4v) is 2.79. The van der Waals surface area contributed by atoms with Crippen molar-refractivity contribution in [1.82, 2.24) is 4.90 Å². The highest BCUT2D eigenvalue weighted by Gasteiger charge is 2.12. The molecule has 0 aliphatic carbocycles. The Balaban J connectivity index is 2.08. The Morgan fingerprint density at radius 1 is 1.38 bits per heavy atom. The second kappa shape index (κ2) is 8.95. The SMILES string of the molecule is COCCN(Cc1cccs1)C(=O)C=Cc1cccc([N+](=O)[O-])c1. The summed E-state index contributed by atoms with van der Waals surface area (Å²) in [6.45, 7) is 1.44. The quantitative estimate of drug-likeness (QED) is 0.417. The maximum absolute atomic E-state index is 12.4. The molecular formula is C17H18N2O4S. The van der Waals surface area contributed by atoms with Crippen molar-refractivity contribution in [2.45, 2.75) is 6.54 Å². The van der Waals surface area contributed by atoms with E-state index in [4.69, 9.17) is 4.74 Å². The standard InChI is InChI=1S/C17H18N2O4S/c1-23-10-9-18(13-16-6-3-11-24-16)17(20)8-7-14-4-2-5-15(12-14)19(21)22/h2-8,11-12H,9-10,13H2,1H3. The summed E-state index contributed by atoms with van der Waals surface area (Å²) in [6, 6.07) is 10.1. The number of carbonyl (C=O) groups is 1. The molecule has 0 saturated heterocycles. The van der Waals surface area contributed by atoms with Gasteiger partial charge in [0.05, 0.1) is 18.1 Å². The molecule has 1 aromatic heterocycles. The van der Waals surface area contributed by atoms with E-state index in [9.17, 15) is 14.9 Å². The average Bonchev–Trinajstić information content (AvgIpc) is 3.09. The summed E-state index contributed by atoms with van der Waals surface area (Å²) in [5.41, 5.74) is 0.611. The molecule has 6 nitrogen and oxygen atoms in total. The molecule has 0 bridgehead atoms. The van der Waals surface area contributed by atoms with Crippen LogP contribution in [0.15, 0.2) is 47.9 Å². The highest BCUT2D eigenvalue weighted by atomic mass is 32.1. The summed E-state index contributed by atoms with van der Waals surface area (Å²) in [4.78, 5) is 25.5. The molecule has 1 heterocycles. The van der Waals surface area contributed by atoms with Crippen LogP contribution < -0.4 is 0 Å². The fraction of sp³-hybridized carbons (Fsp3) is 0.235. The number of non-ortho nitro benzene ring substituents is 1. The molecule has 0 atom stereocenters. The first-order valence-corrected chi connectivity index (χ1v) is 8.21. The van der Waals surface area contributed by atoms with E-state index in [1.807, 2.05) is 17.5 Å². The van der Waals surface area contributed by atoms with Crippen molar-refractivity contribution in [3.05, 3.63) is 68.4 Å². The topological polar surface area (TPSA) is 72.7 Å². The lowest BCUT2D eigenvalue weighted by atomic mass is 10.2. The van der Waals surface area contributed by atoms with Crippen molar-refractivity contribution in [1.29, 1.82) is 0 Å². The van der Waals surface area contributed by atoms with Gasteiger partial charge in [-0.25, -0.2) is 0 Å². The van der Waals surface area contributed by atoms with Gasteiger partial charge in [0, 0.05) is 36.7 Å². The summed E-state index contributed by atoms with van der Waals surface area (Å²) in [5.74, 6) is -0.160. The van der Waals surface area contributed by atoms with Gasteiger partial charge in [0.15, 0.2) is 0 Å². The molecule has 0 aliphatic heterocycles. The van der Waals surface area contributed by atoms with Crippen LogP contribution in [0.1, 0.15) is 10.4 Å². The molecule has 0 radical (unpaired) electrons. The number of ether oxygens (including phenoxy) is 1. The van der Waals surface area contributed by atoms with Gasteiger partial charge in [-0.15, -0.1) is 11.3 Å². The number of nitro benzene ring substituents is 1. The zero-order valence-corrected chi connectivity index (χ0v) is 14.1. The van der Waals surface area contributed by atoms with E-state index in [0.29, 0.717) is 25.3 Å². The molecule has 0 fully saturated rings. The Kier molecular flexibility index (Phi) is 6.65. The zero-order chi connectivity index (χ0) is 17.4. The number of hydrogen-bond donors (Lipinski definition) is 0. The first-order valence-electron chi connectivity index (χ1n) is 7.33. The number of methoxy groups -OCH3 is 1. The van der Waals surface area contributed by atoms with Gasteiger partial charge < -0.3 is 9.64 Å². The highest BCUT2D eigenvalue weighted by molar-refractivity contribution is 7.09. The summed E-state index contributed by atoms with van der Waals surface area (Å²) < 4.78 is 5.06. The molecule has 0 saturated carbocycles. The summed E-state index contributed by atoms with van der Waals surface area (Å²) in [7, 11) is 1.59. The number of rotatable bonds is 8. The molecule has 0 unspecified atom stereocenters. The molecule has 126 valence electrons. The van der Waals surface area contributed by atoms with Crippen LogP contribution in [0.5, 0.6) is 0 Å². The van der Waals surface area contributed by atoms with Crippen LogP contribution in [0.4, 0.5) is 5.69 Å². The molecule has 2 rings (SSSR count). The second-order valence-corrected chi connectivity index (χ2v) is 6.05. The van der Waals surface area contributed by atoms with Crippen LogP contribution in [0.25, 0.3) is 6.08 Å². The molecule has 2 aromatic rings. The monoisotopic (exact) mass is 346 g/mol. The molecule has 24 heavy (non-hydrogen) atoms. The van der Waals surface area contributed by atoms with Gasteiger partial charge >= 0.3 is 0 Å². The van der Waals surface area contributed by atoms with Gasteiger partial charge in [-0.1, -0.05) is 18.2 Å². The van der Waals surface area contributed by atoms with E-state index in [1.165, 1.54) is 18.2 Å². The van der Waals surface area contributed by atoms with Crippen LogP contribution in [0.2, 0.25) is 0 Å². The summed E-state index contributed by atoms with van der Waals surface area (Å²) >= 11 is 1.59. The minimum absolute atomic E-state index is 0.000534. The fourth-order valence-electron chi connectivity index (χ4n) is 2.07. The second-order valence-electron chi connectivity index (χ2n) is 5.02. The Morgan fingerprint density at radius 2 is 2.21 bits per heavy atom. The van der Waals surface area contributed by atoms with Gasteiger partial charge in [0.25, 0.3) is 5.69 Å². The van der Waals surface area contributed by atoms with Crippen LogP contribution in [0, 0.1) is 10.1 Å². The van der Waals surface area contributed by atoms with Crippen LogP contribution in [-0.2, 0) is 16.1 Å². The lowest BCUT2D eigenvalue weighted by Crippen LogP contribution is -2.31. The molecule has 1 amide bonds. The van der Waals surface area contributed by atoms with Crippen molar-refractivity contribution in [3.63, 3.8) is 0 Å². The van der Waals surface area contributed by atoms with Crippen LogP contribution in [0.3, 0.4) is 0 Å². The Bertz CT molecular complexity index is 713. The predicted molar refractivity (Wildman–Crippen MR) is 93.7 cm³/mol. The molecule has 0 aliphatic rings. The van der Waals surface area contributed by atoms with E-state index in [1.54, 1.807) is 41.6 Å². The maximum atomic E-state index is 12.4. The molecular weight excluding hydrogens is 328 g/mol. The van der Waals surface area contributed by atoms with Gasteiger partial charge in [-0.05, 0) is 23.1 Å². The number of hydrogen-bond acceptors (Lipinski definition) is 5. The lowest BCUT2D eigenvalue weighted by molar-refractivity contribution is -0.384. The third-order valence-corrected chi connectivity index (χ3v) is 4.16. The molecule has 7 heteroatoms. The van der Waals surface area contributed by atoms with E-state index in [0.717, 1.165) is 4.88 Å². The lowest BCUT2D eigenvalue weighted by Gasteiger charge is -2.20. The average molecular weight is 346 g/mol. The maximum Gasteiger partial charge on any atom is 0.270 e. The van der Waals surface area contributed by atoms with Crippen LogP contribution >= 0.6 is 11.3 Å². The van der Waals surface area contributed by atoms with E-state index >= 15 is 0 Å². The van der Waals surface area contributed by atoms with Crippen molar-refractivity contribution in [2.24, 2.45) is 0 Å². The van der Waals surface area contributed by atoms with Crippen molar-refractivity contribution >= 4 is 29.0 Å². The largest absolute Gasteiger partial charge is 0.383 e. The molecule has 0 spiro atoms. The number of thiophene rings is 1. The number of nitrogens with zero attached hydrogens (tertiary/aromatic N) is 2. The van der Waals surface area contributed by atoms with Gasteiger partial charge in [-0.3, -0.25) is 14.9 Å². The van der Waals surface area contributed by atoms with Crippen LogP contribution in [-0.4, -0.2) is 36.0 Å². The number of amides is 1. The predicted octanol–water partition coefficient (Wildman–Crippen LogP) is 3.34. The third-order valence-electron chi connectivity index (χ3n) is 3.30. The Morgan fingerprint density at radius 3 is 2.88 bits per heavy atom. The van der Waals surface area contributed by atoms with Crippen molar-refractivity contribution in [2.75, 3.05) is 20.3 Å². The van der Waals surface area contributed by atoms with Gasteiger partial charge in [0.1, 0.15) is 0 Å². The van der Waals surface area contributed by atoms with Crippen molar-refractivity contribution < 1.29 is 14.5 Å². The number of carbonyl (C=O) groups excluding carboxylic acids is 1. The van der Waals surface area contributed by atoms with Gasteiger partial charge in [-0.2, -0.15) is 0 Å². The minimum atomic E-state index is -0.457. The van der Waals surface area contributed by atoms with Crippen molar-refractivity contribution in [3.8, 4) is 0 Å². The first kappa shape index (κ1) is 17.8. The minimum Gasteiger partial charge on any atom is -0.383 e. The molecule has 1 aromatic carbocycles. The first-order chi connectivity index (χ1) is 11.6. The van der Waals surface area contributed by atoms with E-state index < -0.39 is 4.92 Å².